The quantitative estimate of drug-likeness (QED) is 0.168. The SMILES string of the molecule is CC(c1ccnc(-c2cccc3cc(Cc4ccccc4Cl)sc23)c1)C(F)(F)F.NSc1ccc(F)cc1. The predicted octanol–water partition coefficient (Wildman–Crippen LogP) is 9.66. The van der Waals surface area contributed by atoms with E-state index in [1.165, 1.54) is 31.3 Å². The molecule has 2 heterocycles. The zero-order valence-corrected chi connectivity index (χ0v) is 22.6. The topological polar surface area (TPSA) is 38.9 Å². The molecule has 196 valence electrons. The van der Waals surface area contributed by atoms with Crippen molar-refractivity contribution in [3.8, 4) is 11.3 Å². The van der Waals surface area contributed by atoms with Crippen molar-refractivity contribution in [2.75, 3.05) is 0 Å². The zero-order valence-electron chi connectivity index (χ0n) is 20.2. The Balaban J connectivity index is 0.000000317. The molecule has 0 saturated heterocycles. The number of hydrogen-bond acceptors (Lipinski definition) is 4. The van der Waals surface area contributed by atoms with Gasteiger partial charge in [-0.1, -0.05) is 48.0 Å². The highest BCUT2D eigenvalue weighted by Gasteiger charge is 2.37. The minimum atomic E-state index is -4.28. The number of benzene rings is 3. The van der Waals surface area contributed by atoms with Crippen molar-refractivity contribution in [2.24, 2.45) is 5.14 Å². The molecule has 2 N–H and O–H groups in total. The summed E-state index contributed by atoms with van der Waals surface area (Å²) in [7, 11) is 0. The number of nitrogens with two attached hydrogens (primary N) is 1. The van der Waals surface area contributed by atoms with Crippen LogP contribution in [0.5, 0.6) is 0 Å². The van der Waals surface area contributed by atoms with Crippen LogP contribution in [0.3, 0.4) is 0 Å². The Morgan fingerprint density at radius 2 is 1.71 bits per heavy atom. The van der Waals surface area contributed by atoms with Gasteiger partial charge in [0.1, 0.15) is 5.82 Å². The first-order valence-corrected chi connectivity index (χ1v) is 13.6. The molecule has 0 radical (unpaired) electrons. The standard InChI is InChI=1S/C23H17ClF3NS.C6H6FNS/c1-14(23(25,26)27)15-9-10-28-21(13-15)19-7-4-6-17-12-18(29-22(17)19)11-16-5-2-3-8-20(16)24;7-5-1-3-6(9-8)4-2-5/h2-10,12-14H,11H2,1H3;1-4H,8H2. The third kappa shape index (κ3) is 6.94. The Bertz CT molecular complexity index is 1520. The molecule has 0 saturated carbocycles. The fourth-order valence-corrected chi connectivity index (χ4v) is 5.50. The van der Waals surface area contributed by atoms with E-state index >= 15 is 0 Å². The summed E-state index contributed by atoms with van der Waals surface area (Å²) >= 11 is 9.02. The molecule has 0 spiro atoms. The molecule has 0 aliphatic rings. The van der Waals surface area contributed by atoms with Gasteiger partial charge in [-0.15, -0.1) is 11.3 Å². The van der Waals surface area contributed by atoms with E-state index in [9.17, 15) is 17.6 Å². The van der Waals surface area contributed by atoms with Gasteiger partial charge in [0, 0.05) is 37.7 Å². The number of fused-ring (bicyclic) bond motifs is 1. The molecule has 9 heteroatoms. The summed E-state index contributed by atoms with van der Waals surface area (Å²) in [6, 6.07) is 24.7. The van der Waals surface area contributed by atoms with E-state index < -0.39 is 12.1 Å². The van der Waals surface area contributed by atoms with Crippen LogP contribution < -0.4 is 5.14 Å². The van der Waals surface area contributed by atoms with Crippen LogP contribution >= 0.6 is 34.9 Å². The maximum atomic E-state index is 13.1. The van der Waals surface area contributed by atoms with Gasteiger partial charge in [0.15, 0.2) is 0 Å². The van der Waals surface area contributed by atoms with Gasteiger partial charge < -0.3 is 0 Å². The maximum Gasteiger partial charge on any atom is 0.395 e. The highest BCUT2D eigenvalue weighted by molar-refractivity contribution is 7.97. The van der Waals surface area contributed by atoms with Crippen LogP contribution in [0, 0.1) is 5.82 Å². The van der Waals surface area contributed by atoms with Gasteiger partial charge in [-0.25, -0.2) is 4.39 Å². The fourth-order valence-electron chi connectivity index (χ4n) is 3.80. The van der Waals surface area contributed by atoms with E-state index in [2.05, 4.69) is 11.1 Å². The number of alkyl halides is 3. The molecule has 38 heavy (non-hydrogen) atoms. The fraction of sp³-hybridized carbons (Fsp3) is 0.138. The van der Waals surface area contributed by atoms with Crippen LogP contribution in [-0.4, -0.2) is 11.2 Å². The van der Waals surface area contributed by atoms with Crippen molar-refractivity contribution in [3.63, 3.8) is 0 Å². The number of nitrogens with zero attached hydrogens (tertiary/aromatic N) is 1. The smallest absolute Gasteiger partial charge is 0.274 e. The molecule has 2 aromatic heterocycles. The Kier molecular flexibility index (Phi) is 9.10. The zero-order chi connectivity index (χ0) is 27.3. The van der Waals surface area contributed by atoms with E-state index in [0.717, 1.165) is 48.0 Å². The second kappa shape index (κ2) is 12.3. The van der Waals surface area contributed by atoms with Crippen molar-refractivity contribution in [1.29, 1.82) is 0 Å². The van der Waals surface area contributed by atoms with Crippen LogP contribution in [-0.2, 0) is 6.42 Å². The van der Waals surface area contributed by atoms with Crippen molar-refractivity contribution in [3.05, 3.63) is 118 Å². The third-order valence-corrected chi connectivity index (χ3v) is 8.02. The maximum absolute atomic E-state index is 13.1. The monoisotopic (exact) mass is 574 g/mol. The Morgan fingerprint density at radius 1 is 0.974 bits per heavy atom. The van der Waals surface area contributed by atoms with E-state index in [0.29, 0.717) is 12.1 Å². The van der Waals surface area contributed by atoms with E-state index in [1.54, 1.807) is 29.5 Å². The second-order valence-corrected chi connectivity index (χ2v) is 10.8. The number of hydrogen-bond donors (Lipinski definition) is 1. The number of pyridine rings is 1. The summed E-state index contributed by atoms with van der Waals surface area (Å²) in [6.07, 6.45) is -2.13. The van der Waals surface area contributed by atoms with E-state index in [4.69, 9.17) is 16.7 Å². The average Bonchev–Trinajstić information content (AvgIpc) is 3.32. The number of thiophene rings is 1. The lowest BCUT2D eigenvalue weighted by Crippen LogP contribution is -2.17. The molecular formula is C29H23ClF4N2S2. The number of halogens is 5. The molecule has 5 aromatic rings. The summed E-state index contributed by atoms with van der Waals surface area (Å²) in [5, 5.41) is 6.96. The Hall–Kier alpha value is -2.91. The van der Waals surface area contributed by atoms with Crippen molar-refractivity contribution >= 4 is 45.0 Å². The van der Waals surface area contributed by atoms with Crippen LogP contribution in [0.25, 0.3) is 21.3 Å². The van der Waals surface area contributed by atoms with Crippen molar-refractivity contribution in [1.82, 2.24) is 4.98 Å². The Morgan fingerprint density at radius 3 is 2.39 bits per heavy atom. The molecular weight excluding hydrogens is 552 g/mol. The summed E-state index contributed by atoms with van der Waals surface area (Å²) < 4.78 is 52.6. The lowest BCUT2D eigenvalue weighted by atomic mass is 9.99. The molecule has 5 rings (SSSR count). The van der Waals surface area contributed by atoms with E-state index in [1.807, 2.05) is 42.5 Å². The predicted molar refractivity (Wildman–Crippen MR) is 150 cm³/mol. The lowest BCUT2D eigenvalue weighted by molar-refractivity contribution is -0.146. The molecule has 1 unspecified atom stereocenters. The molecule has 0 aliphatic heterocycles. The highest BCUT2D eigenvalue weighted by atomic mass is 35.5. The van der Waals surface area contributed by atoms with Gasteiger partial charge in [0.25, 0.3) is 0 Å². The van der Waals surface area contributed by atoms with Gasteiger partial charge in [0.05, 0.1) is 11.6 Å². The molecule has 0 fully saturated rings. The Labute approximate surface area is 231 Å². The molecule has 0 bridgehead atoms. The van der Waals surface area contributed by atoms with Crippen LogP contribution in [0.15, 0.2) is 96.0 Å². The summed E-state index contributed by atoms with van der Waals surface area (Å²) in [6.45, 7) is 1.17. The largest absolute Gasteiger partial charge is 0.395 e. The molecule has 3 aromatic carbocycles. The van der Waals surface area contributed by atoms with Gasteiger partial charge >= 0.3 is 6.18 Å². The lowest BCUT2D eigenvalue weighted by Gasteiger charge is -2.16. The number of aromatic nitrogens is 1. The summed E-state index contributed by atoms with van der Waals surface area (Å²) in [5.74, 6) is -1.77. The van der Waals surface area contributed by atoms with Gasteiger partial charge in [0.2, 0.25) is 0 Å². The first kappa shape index (κ1) is 28.1. The molecule has 0 aliphatic carbocycles. The molecule has 0 amide bonds. The van der Waals surface area contributed by atoms with E-state index in [-0.39, 0.29) is 11.4 Å². The third-order valence-electron chi connectivity index (χ3n) is 5.92. The van der Waals surface area contributed by atoms with Crippen molar-refractivity contribution in [2.45, 2.75) is 30.3 Å². The average molecular weight is 575 g/mol. The minimum absolute atomic E-state index is 0.215. The first-order valence-electron chi connectivity index (χ1n) is 11.6. The molecule has 1 atom stereocenters. The summed E-state index contributed by atoms with van der Waals surface area (Å²) in [5.41, 5.74) is 2.65. The summed E-state index contributed by atoms with van der Waals surface area (Å²) in [4.78, 5) is 6.36. The highest BCUT2D eigenvalue weighted by Crippen LogP contribution is 2.38. The molecule has 2 nitrogen and oxygen atoms in total. The van der Waals surface area contributed by atoms with Gasteiger partial charge in [-0.05, 0) is 83.9 Å². The van der Waals surface area contributed by atoms with Crippen LogP contribution in [0.2, 0.25) is 5.02 Å². The first-order chi connectivity index (χ1) is 18.2. The van der Waals surface area contributed by atoms with Crippen molar-refractivity contribution < 1.29 is 17.6 Å². The van der Waals surface area contributed by atoms with Gasteiger partial charge in [-0.3, -0.25) is 10.1 Å². The van der Waals surface area contributed by atoms with Crippen LogP contribution in [0.4, 0.5) is 17.6 Å². The normalized spacial score (nSPS) is 12.2. The van der Waals surface area contributed by atoms with Crippen LogP contribution in [0.1, 0.15) is 28.8 Å². The van der Waals surface area contributed by atoms with Gasteiger partial charge in [-0.2, -0.15) is 13.2 Å². The number of rotatable bonds is 5. The minimum Gasteiger partial charge on any atom is -0.274 e. The second-order valence-electron chi connectivity index (χ2n) is 8.51.